The van der Waals surface area contributed by atoms with E-state index in [-0.39, 0.29) is 18.0 Å². The summed E-state index contributed by atoms with van der Waals surface area (Å²) in [6.07, 6.45) is 2.81. The molecule has 0 radical (unpaired) electrons. The van der Waals surface area contributed by atoms with E-state index >= 15 is 0 Å². The molecule has 0 saturated carbocycles. The zero-order valence-corrected chi connectivity index (χ0v) is 12.5. The number of methoxy groups -OCH3 is 1. The van der Waals surface area contributed by atoms with E-state index in [4.69, 9.17) is 9.84 Å². The van der Waals surface area contributed by atoms with E-state index in [1.54, 1.807) is 30.3 Å². The molecular formula is C18H16O5. The lowest BCUT2D eigenvalue weighted by atomic mass is 10.0. The number of benzene rings is 2. The summed E-state index contributed by atoms with van der Waals surface area (Å²) in [5.41, 5.74) is 1.61. The van der Waals surface area contributed by atoms with Gasteiger partial charge in [-0.05, 0) is 42.0 Å². The van der Waals surface area contributed by atoms with Gasteiger partial charge in [-0.3, -0.25) is 9.59 Å². The third-order valence-corrected chi connectivity index (χ3v) is 3.23. The Morgan fingerprint density at radius 1 is 1.13 bits per heavy atom. The van der Waals surface area contributed by atoms with E-state index in [2.05, 4.69) is 0 Å². The second-order valence-corrected chi connectivity index (χ2v) is 4.89. The van der Waals surface area contributed by atoms with E-state index in [0.717, 1.165) is 5.56 Å². The van der Waals surface area contributed by atoms with Crippen LogP contribution in [0.3, 0.4) is 0 Å². The van der Waals surface area contributed by atoms with Crippen molar-refractivity contribution in [2.24, 2.45) is 0 Å². The molecule has 2 rings (SSSR count). The molecule has 0 unspecified atom stereocenters. The molecule has 0 bridgehead atoms. The number of phenols is 1. The maximum Gasteiger partial charge on any atom is 0.307 e. The van der Waals surface area contributed by atoms with Gasteiger partial charge in [0, 0.05) is 11.1 Å². The Morgan fingerprint density at radius 3 is 2.43 bits per heavy atom. The van der Waals surface area contributed by atoms with Gasteiger partial charge >= 0.3 is 5.97 Å². The maximum absolute atomic E-state index is 12.2. The Morgan fingerprint density at radius 2 is 1.83 bits per heavy atom. The monoisotopic (exact) mass is 312 g/mol. The molecule has 0 fully saturated rings. The van der Waals surface area contributed by atoms with Crippen LogP contribution < -0.4 is 4.74 Å². The molecule has 0 spiro atoms. The van der Waals surface area contributed by atoms with Crippen molar-refractivity contribution in [2.45, 2.75) is 6.42 Å². The van der Waals surface area contributed by atoms with Gasteiger partial charge in [0.15, 0.2) is 5.78 Å². The molecule has 0 aliphatic heterocycles. The number of carbonyl (C=O) groups is 2. The van der Waals surface area contributed by atoms with Gasteiger partial charge in [0.1, 0.15) is 11.5 Å². The minimum absolute atomic E-state index is 0.155. The molecule has 2 aromatic carbocycles. The highest BCUT2D eigenvalue weighted by atomic mass is 16.5. The predicted molar refractivity (Wildman–Crippen MR) is 85.8 cm³/mol. The third-order valence-electron chi connectivity index (χ3n) is 3.23. The first-order valence-corrected chi connectivity index (χ1v) is 6.90. The van der Waals surface area contributed by atoms with Crippen LogP contribution in [0.15, 0.2) is 48.5 Å². The van der Waals surface area contributed by atoms with Crippen LogP contribution in [0.2, 0.25) is 0 Å². The quantitative estimate of drug-likeness (QED) is 0.633. The van der Waals surface area contributed by atoms with Crippen molar-refractivity contribution < 1.29 is 24.5 Å². The summed E-state index contributed by atoms with van der Waals surface area (Å²) in [5, 5.41) is 18.1. The SMILES string of the molecule is COc1ccc(C(=O)/C=C/c2ccc(O)cc2)cc1CC(=O)O. The largest absolute Gasteiger partial charge is 0.508 e. The van der Waals surface area contributed by atoms with Crippen LogP contribution in [0, 0.1) is 0 Å². The number of ether oxygens (including phenoxy) is 1. The van der Waals surface area contributed by atoms with E-state index in [1.165, 1.54) is 31.4 Å². The highest BCUT2D eigenvalue weighted by Gasteiger charge is 2.11. The predicted octanol–water partition coefficient (Wildman–Crippen LogP) is 2.92. The van der Waals surface area contributed by atoms with Crippen LogP contribution in [0.5, 0.6) is 11.5 Å². The topological polar surface area (TPSA) is 83.8 Å². The second kappa shape index (κ2) is 7.26. The van der Waals surface area contributed by atoms with Gasteiger partial charge in [-0.15, -0.1) is 0 Å². The van der Waals surface area contributed by atoms with Crippen molar-refractivity contribution in [2.75, 3.05) is 7.11 Å². The Balaban J connectivity index is 2.21. The number of ketones is 1. The van der Waals surface area contributed by atoms with Crippen molar-refractivity contribution in [1.29, 1.82) is 0 Å². The van der Waals surface area contributed by atoms with Gasteiger partial charge < -0.3 is 14.9 Å². The minimum atomic E-state index is -0.993. The van der Waals surface area contributed by atoms with Gasteiger partial charge in [-0.1, -0.05) is 18.2 Å². The Bertz CT molecular complexity index is 745. The first-order valence-electron chi connectivity index (χ1n) is 6.90. The van der Waals surface area contributed by atoms with E-state index in [9.17, 15) is 14.7 Å². The summed E-state index contributed by atoms with van der Waals surface area (Å²) >= 11 is 0. The molecule has 0 saturated heterocycles. The smallest absolute Gasteiger partial charge is 0.307 e. The van der Waals surface area contributed by atoms with Crippen molar-refractivity contribution >= 4 is 17.8 Å². The Hall–Kier alpha value is -3.08. The summed E-state index contributed by atoms with van der Waals surface area (Å²) in [5.74, 6) is -0.645. The fourth-order valence-electron chi connectivity index (χ4n) is 2.09. The highest BCUT2D eigenvalue weighted by molar-refractivity contribution is 6.07. The minimum Gasteiger partial charge on any atom is -0.508 e. The summed E-state index contributed by atoms with van der Waals surface area (Å²) in [7, 11) is 1.45. The number of carboxylic acid groups (broad SMARTS) is 1. The van der Waals surface area contributed by atoms with Gasteiger partial charge in [-0.2, -0.15) is 0 Å². The summed E-state index contributed by atoms with van der Waals surface area (Å²) < 4.78 is 5.11. The summed E-state index contributed by atoms with van der Waals surface area (Å²) in [6.45, 7) is 0. The van der Waals surface area contributed by atoms with Gasteiger partial charge in [0.25, 0.3) is 0 Å². The molecule has 23 heavy (non-hydrogen) atoms. The van der Waals surface area contributed by atoms with Crippen LogP contribution in [-0.2, 0) is 11.2 Å². The number of rotatable bonds is 6. The number of hydrogen-bond donors (Lipinski definition) is 2. The van der Waals surface area contributed by atoms with Crippen LogP contribution in [0.25, 0.3) is 6.08 Å². The van der Waals surface area contributed by atoms with E-state index < -0.39 is 5.97 Å². The standard InChI is InChI=1S/C18H16O5/c1-23-17-9-5-13(10-14(17)11-18(21)22)16(20)8-4-12-2-6-15(19)7-3-12/h2-10,19H,11H2,1H3,(H,21,22)/b8-4+. The lowest BCUT2D eigenvalue weighted by Crippen LogP contribution is -2.04. The zero-order valence-electron chi connectivity index (χ0n) is 12.5. The molecule has 118 valence electrons. The van der Waals surface area contributed by atoms with Crippen molar-refractivity contribution in [1.82, 2.24) is 0 Å². The summed E-state index contributed by atoms with van der Waals surface area (Å²) in [4.78, 5) is 23.1. The fraction of sp³-hybridized carbons (Fsp3) is 0.111. The molecule has 0 aromatic heterocycles. The number of aliphatic carboxylic acids is 1. The van der Waals surface area contributed by atoms with E-state index in [1.807, 2.05) is 0 Å². The van der Waals surface area contributed by atoms with Crippen LogP contribution >= 0.6 is 0 Å². The highest BCUT2D eigenvalue weighted by Crippen LogP contribution is 2.21. The van der Waals surface area contributed by atoms with E-state index in [0.29, 0.717) is 16.9 Å². The van der Waals surface area contributed by atoms with Crippen LogP contribution in [0.1, 0.15) is 21.5 Å². The normalized spacial score (nSPS) is 10.7. The molecule has 2 aromatic rings. The molecule has 0 heterocycles. The Kier molecular flexibility index (Phi) is 5.15. The van der Waals surface area contributed by atoms with Crippen molar-refractivity contribution in [3.05, 3.63) is 65.2 Å². The number of aromatic hydroxyl groups is 1. The average molecular weight is 312 g/mol. The average Bonchev–Trinajstić information content (AvgIpc) is 2.53. The van der Waals surface area contributed by atoms with Crippen molar-refractivity contribution in [3.8, 4) is 11.5 Å². The van der Waals surface area contributed by atoms with Crippen LogP contribution in [0.4, 0.5) is 0 Å². The lowest BCUT2D eigenvalue weighted by molar-refractivity contribution is -0.136. The Labute approximate surface area is 133 Å². The zero-order chi connectivity index (χ0) is 16.8. The van der Waals surface area contributed by atoms with Gasteiger partial charge in [-0.25, -0.2) is 0 Å². The first kappa shape index (κ1) is 16.3. The van der Waals surface area contributed by atoms with Crippen LogP contribution in [-0.4, -0.2) is 29.1 Å². The number of hydrogen-bond acceptors (Lipinski definition) is 4. The first-order chi connectivity index (χ1) is 11.0. The number of carboxylic acids is 1. The third kappa shape index (κ3) is 4.44. The van der Waals surface area contributed by atoms with Crippen molar-refractivity contribution in [3.63, 3.8) is 0 Å². The number of carbonyl (C=O) groups excluding carboxylic acids is 1. The molecule has 0 atom stereocenters. The molecule has 0 aliphatic carbocycles. The molecule has 0 aliphatic rings. The molecule has 2 N–H and O–H groups in total. The molecule has 0 amide bonds. The van der Waals surface area contributed by atoms with Gasteiger partial charge in [0.2, 0.25) is 0 Å². The molecular weight excluding hydrogens is 296 g/mol. The van der Waals surface area contributed by atoms with Gasteiger partial charge in [0.05, 0.1) is 13.5 Å². The lowest BCUT2D eigenvalue weighted by Gasteiger charge is -2.08. The maximum atomic E-state index is 12.2. The molecule has 5 nitrogen and oxygen atoms in total. The number of allylic oxidation sites excluding steroid dienone is 1. The summed E-state index contributed by atoms with van der Waals surface area (Å²) in [6, 6.07) is 11.1. The molecule has 5 heteroatoms. The second-order valence-electron chi connectivity index (χ2n) is 4.89. The number of phenolic OH excluding ortho intramolecular Hbond substituents is 1. The fourth-order valence-corrected chi connectivity index (χ4v) is 2.09.